The summed E-state index contributed by atoms with van der Waals surface area (Å²) in [5, 5.41) is 2.83. The van der Waals surface area contributed by atoms with Gasteiger partial charge in [-0.25, -0.2) is 8.42 Å². The molecule has 5 nitrogen and oxygen atoms in total. The minimum absolute atomic E-state index is 0.209. The van der Waals surface area contributed by atoms with Crippen LogP contribution in [0.2, 0.25) is 0 Å². The van der Waals surface area contributed by atoms with Crippen LogP contribution in [0.1, 0.15) is 24.8 Å². The third-order valence-corrected chi connectivity index (χ3v) is 4.78. The summed E-state index contributed by atoms with van der Waals surface area (Å²) in [7, 11) is -3.33. The van der Waals surface area contributed by atoms with Crippen LogP contribution in [0.5, 0.6) is 0 Å². The third kappa shape index (κ3) is 3.80. The summed E-state index contributed by atoms with van der Waals surface area (Å²) >= 11 is 0. The average molecular weight is 296 g/mol. The number of amides is 1. The Bertz CT molecular complexity index is 557. The van der Waals surface area contributed by atoms with Gasteiger partial charge in [-0.3, -0.25) is 4.79 Å². The van der Waals surface area contributed by atoms with Crippen molar-refractivity contribution < 1.29 is 13.2 Å². The highest BCUT2D eigenvalue weighted by atomic mass is 32.2. The third-order valence-electron chi connectivity index (χ3n) is 3.49. The molecule has 1 amide bonds. The van der Waals surface area contributed by atoms with Crippen LogP contribution in [-0.2, 0) is 21.4 Å². The van der Waals surface area contributed by atoms with E-state index < -0.39 is 16.1 Å². The number of benzene rings is 1. The first kappa shape index (κ1) is 15.0. The Hall–Kier alpha value is -1.40. The molecule has 1 unspecified atom stereocenters. The zero-order chi connectivity index (χ0) is 14.6. The Morgan fingerprint density at radius 3 is 2.65 bits per heavy atom. The van der Waals surface area contributed by atoms with Crippen molar-refractivity contribution in [1.29, 1.82) is 0 Å². The molecule has 20 heavy (non-hydrogen) atoms. The van der Waals surface area contributed by atoms with Gasteiger partial charge >= 0.3 is 0 Å². The van der Waals surface area contributed by atoms with E-state index in [4.69, 9.17) is 0 Å². The first-order valence-corrected chi connectivity index (χ1v) is 8.62. The Kier molecular flexibility index (Phi) is 4.77. The molecule has 1 heterocycles. The maximum atomic E-state index is 12.2. The molecule has 1 aromatic carbocycles. The number of nitrogens with zero attached hydrogens (tertiary/aromatic N) is 1. The van der Waals surface area contributed by atoms with E-state index in [1.54, 1.807) is 0 Å². The molecule has 0 radical (unpaired) electrons. The first-order valence-electron chi connectivity index (χ1n) is 6.77. The maximum Gasteiger partial charge on any atom is 0.238 e. The van der Waals surface area contributed by atoms with Gasteiger partial charge in [-0.1, -0.05) is 36.8 Å². The van der Waals surface area contributed by atoms with Crippen LogP contribution < -0.4 is 5.32 Å². The molecule has 1 aliphatic rings. The minimum atomic E-state index is -3.33. The van der Waals surface area contributed by atoms with Gasteiger partial charge in [0.25, 0.3) is 0 Å². The highest BCUT2D eigenvalue weighted by molar-refractivity contribution is 7.88. The minimum Gasteiger partial charge on any atom is -0.351 e. The van der Waals surface area contributed by atoms with Crippen LogP contribution >= 0.6 is 0 Å². The van der Waals surface area contributed by atoms with Crippen molar-refractivity contribution in [2.45, 2.75) is 31.8 Å². The van der Waals surface area contributed by atoms with Gasteiger partial charge in [0.1, 0.15) is 6.04 Å². The Morgan fingerprint density at radius 1 is 1.30 bits per heavy atom. The van der Waals surface area contributed by atoms with E-state index in [1.165, 1.54) is 4.31 Å². The monoisotopic (exact) mass is 296 g/mol. The van der Waals surface area contributed by atoms with Crippen molar-refractivity contribution in [1.82, 2.24) is 9.62 Å². The standard InChI is InChI=1S/C14H20N2O3S/c1-20(18,19)16-10-6-5-9-13(16)14(17)15-11-12-7-3-2-4-8-12/h2-4,7-8,13H,5-6,9-11H2,1H3,(H,15,17). The lowest BCUT2D eigenvalue weighted by atomic mass is 10.0. The summed E-state index contributed by atoms with van der Waals surface area (Å²) in [5.41, 5.74) is 1.00. The summed E-state index contributed by atoms with van der Waals surface area (Å²) in [6.45, 7) is 0.857. The van der Waals surface area contributed by atoms with Crippen LogP contribution in [0.3, 0.4) is 0 Å². The Morgan fingerprint density at radius 2 is 2.00 bits per heavy atom. The zero-order valence-electron chi connectivity index (χ0n) is 11.6. The SMILES string of the molecule is CS(=O)(=O)N1CCCCC1C(=O)NCc1ccccc1. The van der Waals surface area contributed by atoms with Crippen molar-refractivity contribution in [2.24, 2.45) is 0 Å². The fourth-order valence-corrected chi connectivity index (χ4v) is 3.59. The molecular formula is C14H20N2O3S. The smallest absolute Gasteiger partial charge is 0.238 e. The molecule has 1 fully saturated rings. The molecule has 2 rings (SSSR count). The zero-order valence-corrected chi connectivity index (χ0v) is 12.4. The topological polar surface area (TPSA) is 66.5 Å². The average Bonchev–Trinajstić information content (AvgIpc) is 2.45. The van der Waals surface area contributed by atoms with Crippen molar-refractivity contribution in [3.63, 3.8) is 0 Å². The number of carbonyl (C=O) groups is 1. The van der Waals surface area contributed by atoms with E-state index in [0.29, 0.717) is 19.5 Å². The second-order valence-electron chi connectivity index (χ2n) is 5.09. The number of hydrogen-bond donors (Lipinski definition) is 1. The quantitative estimate of drug-likeness (QED) is 0.905. The molecule has 1 aliphatic heterocycles. The van der Waals surface area contributed by atoms with Gasteiger partial charge < -0.3 is 5.32 Å². The predicted molar refractivity (Wildman–Crippen MR) is 77.5 cm³/mol. The molecule has 0 spiro atoms. The van der Waals surface area contributed by atoms with Gasteiger partial charge in [-0.2, -0.15) is 4.31 Å². The van der Waals surface area contributed by atoms with Gasteiger partial charge in [0.05, 0.1) is 6.26 Å². The molecule has 1 N–H and O–H groups in total. The molecular weight excluding hydrogens is 276 g/mol. The lowest BCUT2D eigenvalue weighted by molar-refractivity contribution is -0.125. The van der Waals surface area contributed by atoms with Crippen molar-refractivity contribution in [2.75, 3.05) is 12.8 Å². The second kappa shape index (κ2) is 6.37. The fourth-order valence-electron chi connectivity index (χ4n) is 2.47. The van der Waals surface area contributed by atoms with Gasteiger partial charge in [0.2, 0.25) is 15.9 Å². The maximum absolute atomic E-state index is 12.2. The van der Waals surface area contributed by atoms with Gasteiger partial charge in [0, 0.05) is 13.1 Å². The summed E-state index contributed by atoms with van der Waals surface area (Å²) in [6.07, 6.45) is 3.45. The first-order chi connectivity index (χ1) is 9.48. The lowest BCUT2D eigenvalue weighted by Crippen LogP contribution is -2.51. The second-order valence-corrected chi connectivity index (χ2v) is 7.02. The van der Waals surface area contributed by atoms with Crippen LogP contribution in [0.25, 0.3) is 0 Å². The van der Waals surface area contributed by atoms with Crippen molar-refractivity contribution in [3.8, 4) is 0 Å². The molecule has 1 aromatic rings. The molecule has 0 saturated carbocycles. The van der Waals surface area contributed by atoms with E-state index in [9.17, 15) is 13.2 Å². The molecule has 0 aliphatic carbocycles. The Labute approximate surface area is 120 Å². The van der Waals surface area contributed by atoms with Gasteiger partial charge in [0.15, 0.2) is 0 Å². The normalized spacial score (nSPS) is 20.6. The van der Waals surface area contributed by atoms with E-state index in [1.807, 2.05) is 30.3 Å². The van der Waals surface area contributed by atoms with E-state index in [0.717, 1.165) is 24.7 Å². The molecule has 110 valence electrons. The highest BCUT2D eigenvalue weighted by Crippen LogP contribution is 2.20. The van der Waals surface area contributed by atoms with E-state index in [2.05, 4.69) is 5.32 Å². The number of carbonyl (C=O) groups excluding carboxylic acids is 1. The number of piperidine rings is 1. The number of rotatable bonds is 4. The molecule has 0 aromatic heterocycles. The summed E-state index contributed by atoms with van der Waals surface area (Å²) < 4.78 is 24.8. The number of nitrogens with one attached hydrogen (secondary N) is 1. The highest BCUT2D eigenvalue weighted by Gasteiger charge is 2.34. The summed E-state index contributed by atoms with van der Waals surface area (Å²) in [4.78, 5) is 12.2. The van der Waals surface area contributed by atoms with E-state index in [-0.39, 0.29) is 5.91 Å². The Balaban J connectivity index is 2.00. The van der Waals surface area contributed by atoms with Crippen molar-refractivity contribution >= 4 is 15.9 Å². The van der Waals surface area contributed by atoms with Crippen LogP contribution in [0, 0.1) is 0 Å². The lowest BCUT2D eigenvalue weighted by Gasteiger charge is -2.32. The fraction of sp³-hybridized carbons (Fsp3) is 0.500. The molecule has 0 bridgehead atoms. The van der Waals surface area contributed by atoms with Crippen LogP contribution in [0.4, 0.5) is 0 Å². The van der Waals surface area contributed by atoms with Crippen LogP contribution in [-0.4, -0.2) is 37.5 Å². The number of sulfonamides is 1. The molecule has 1 atom stereocenters. The van der Waals surface area contributed by atoms with E-state index >= 15 is 0 Å². The van der Waals surface area contributed by atoms with Crippen molar-refractivity contribution in [3.05, 3.63) is 35.9 Å². The molecule has 6 heteroatoms. The van der Waals surface area contributed by atoms with Gasteiger partial charge in [-0.05, 0) is 18.4 Å². The summed E-state index contributed by atoms with van der Waals surface area (Å²) in [5.74, 6) is -0.209. The predicted octanol–water partition coefficient (Wildman–Crippen LogP) is 1.12. The summed E-state index contributed by atoms with van der Waals surface area (Å²) in [6, 6.07) is 9.01. The van der Waals surface area contributed by atoms with Gasteiger partial charge in [-0.15, -0.1) is 0 Å². The number of hydrogen-bond acceptors (Lipinski definition) is 3. The van der Waals surface area contributed by atoms with Crippen LogP contribution in [0.15, 0.2) is 30.3 Å². The molecule has 1 saturated heterocycles. The largest absolute Gasteiger partial charge is 0.351 e.